The maximum atomic E-state index is 14.0. The Kier molecular flexibility index (Phi) is 3.81. The molecule has 0 saturated carbocycles. The lowest BCUT2D eigenvalue weighted by Gasteiger charge is -2.05. The molecule has 2 N–H and O–H groups in total. The van der Waals surface area contributed by atoms with Crippen LogP contribution in [0.15, 0.2) is 53.7 Å². The minimum Gasteiger partial charge on any atom is -0.384 e. The lowest BCUT2D eigenvalue weighted by Crippen LogP contribution is -2.04. The van der Waals surface area contributed by atoms with Gasteiger partial charge in [0.15, 0.2) is 11.6 Å². The highest BCUT2D eigenvalue weighted by atomic mass is 19.1. The van der Waals surface area contributed by atoms with E-state index in [2.05, 4.69) is 20.1 Å². The summed E-state index contributed by atoms with van der Waals surface area (Å²) in [6, 6.07) is 8.25. The Morgan fingerprint density at radius 3 is 2.92 bits per heavy atom. The number of hydrogen-bond acceptors (Lipinski definition) is 5. The molecule has 3 aromatic rings. The minimum atomic E-state index is -0.274. The van der Waals surface area contributed by atoms with Crippen molar-refractivity contribution in [1.82, 2.24) is 19.7 Å². The second kappa shape index (κ2) is 6.27. The molecule has 0 spiro atoms. The number of benzene rings is 1. The van der Waals surface area contributed by atoms with Crippen molar-refractivity contribution in [3.63, 3.8) is 0 Å². The van der Waals surface area contributed by atoms with Crippen molar-refractivity contribution < 1.29 is 4.39 Å². The number of anilines is 1. The summed E-state index contributed by atoms with van der Waals surface area (Å²) in [4.78, 5) is 13.0. The predicted molar refractivity (Wildman–Crippen MR) is 94.2 cm³/mol. The average Bonchev–Trinajstić information content (AvgIpc) is 2.79. The molecule has 3 heterocycles. The van der Waals surface area contributed by atoms with Crippen molar-refractivity contribution in [3.05, 3.63) is 65.6 Å². The summed E-state index contributed by atoms with van der Waals surface area (Å²) < 4.78 is 15.7. The molecule has 7 heteroatoms. The number of nitrogen functional groups attached to an aromatic ring is 1. The van der Waals surface area contributed by atoms with E-state index in [0.29, 0.717) is 35.1 Å². The molecule has 0 aliphatic carbocycles. The van der Waals surface area contributed by atoms with Crippen molar-refractivity contribution >= 4 is 17.9 Å². The van der Waals surface area contributed by atoms with E-state index in [-0.39, 0.29) is 12.4 Å². The Bertz CT molecular complexity index is 989. The summed E-state index contributed by atoms with van der Waals surface area (Å²) in [5, 5.41) is 4.60. The number of allylic oxidation sites excluding steroid dienone is 2. The largest absolute Gasteiger partial charge is 0.384 e. The molecule has 0 bridgehead atoms. The average molecular weight is 334 g/mol. The van der Waals surface area contributed by atoms with Gasteiger partial charge in [0.1, 0.15) is 17.3 Å². The van der Waals surface area contributed by atoms with Crippen LogP contribution in [0.1, 0.15) is 11.1 Å². The predicted octanol–water partition coefficient (Wildman–Crippen LogP) is 2.92. The number of halogens is 1. The molecule has 0 atom stereocenters. The normalized spacial score (nSPS) is 12.8. The van der Waals surface area contributed by atoms with E-state index in [0.717, 1.165) is 5.56 Å². The van der Waals surface area contributed by atoms with Crippen molar-refractivity contribution in [2.24, 2.45) is 4.99 Å². The monoisotopic (exact) mass is 334 g/mol. The number of nitrogens with zero attached hydrogens (tertiary/aromatic N) is 5. The number of nitrogens with two attached hydrogens (primary N) is 1. The molecule has 1 aliphatic rings. The van der Waals surface area contributed by atoms with Gasteiger partial charge in [0.25, 0.3) is 0 Å². The molecule has 25 heavy (non-hydrogen) atoms. The highest BCUT2D eigenvalue weighted by Gasteiger charge is 2.21. The van der Waals surface area contributed by atoms with Gasteiger partial charge in [-0.25, -0.2) is 24.0 Å². The van der Waals surface area contributed by atoms with Gasteiger partial charge < -0.3 is 5.73 Å². The van der Waals surface area contributed by atoms with Crippen LogP contribution in [0, 0.1) is 5.82 Å². The third kappa shape index (κ3) is 2.91. The summed E-state index contributed by atoms with van der Waals surface area (Å²) in [5.74, 6) is 1.21. The van der Waals surface area contributed by atoms with Crippen LogP contribution in [-0.4, -0.2) is 26.0 Å². The van der Waals surface area contributed by atoms with Crippen LogP contribution in [0.25, 0.3) is 11.5 Å². The van der Waals surface area contributed by atoms with Gasteiger partial charge in [-0.1, -0.05) is 24.3 Å². The molecule has 0 fully saturated rings. The van der Waals surface area contributed by atoms with Crippen molar-refractivity contribution in [2.45, 2.75) is 13.0 Å². The molecule has 6 nitrogen and oxygen atoms in total. The molecular weight excluding hydrogens is 319 g/mol. The van der Waals surface area contributed by atoms with Crippen LogP contribution >= 0.6 is 0 Å². The fourth-order valence-electron chi connectivity index (χ4n) is 2.75. The van der Waals surface area contributed by atoms with Gasteiger partial charge in [0.05, 0.1) is 6.54 Å². The summed E-state index contributed by atoms with van der Waals surface area (Å²) in [7, 11) is 0. The first kappa shape index (κ1) is 15.2. The van der Waals surface area contributed by atoms with Crippen LogP contribution in [0.4, 0.5) is 16.0 Å². The second-order valence-electron chi connectivity index (χ2n) is 5.62. The quantitative estimate of drug-likeness (QED) is 0.798. The van der Waals surface area contributed by atoms with Gasteiger partial charge in [0, 0.05) is 23.5 Å². The molecular formula is C18H15FN6. The van der Waals surface area contributed by atoms with Gasteiger partial charge in [-0.2, -0.15) is 5.10 Å². The van der Waals surface area contributed by atoms with E-state index in [9.17, 15) is 4.39 Å². The maximum absolute atomic E-state index is 14.0. The van der Waals surface area contributed by atoms with Crippen LogP contribution in [0.3, 0.4) is 0 Å². The Morgan fingerprint density at radius 2 is 2.08 bits per heavy atom. The van der Waals surface area contributed by atoms with Crippen LogP contribution in [0.2, 0.25) is 0 Å². The Morgan fingerprint density at radius 1 is 1.20 bits per heavy atom. The fraction of sp³-hybridized carbons (Fsp3) is 0.111. The van der Waals surface area contributed by atoms with E-state index in [1.54, 1.807) is 41.4 Å². The van der Waals surface area contributed by atoms with Crippen molar-refractivity contribution in [2.75, 3.05) is 5.73 Å². The smallest absolute Gasteiger partial charge is 0.182 e. The van der Waals surface area contributed by atoms with E-state index in [1.165, 1.54) is 6.07 Å². The lowest BCUT2D eigenvalue weighted by atomic mass is 10.1. The van der Waals surface area contributed by atoms with Gasteiger partial charge in [-0.3, -0.25) is 0 Å². The molecule has 1 aliphatic heterocycles. The van der Waals surface area contributed by atoms with Gasteiger partial charge in [-0.05, 0) is 24.6 Å². The standard InChI is InChI=1S/C18H15FN6/c19-14-7-2-1-5-12(14)11-25-18-13(6-3-4-9-22-18)16(24-25)17-21-10-8-15(20)23-17/h1-5,7-10H,6,11H2,(H2,20,21,23). The first-order valence-electron chi connectivity index (χ1n) is 7.83. The van der Waals surface area contributed by atoms with Gasteiger partial charge >= 0.3 is 0 Å². The zero-order valence-corrected chi connectivity index (χ0v) is 13.3. The molecule has 1 aromatic carbocycles. The number of rotatable bonds is 3. The first-order valence-corrected chi connectivity index (χ1v) is 7.83. The molecule has 0 amide bonds. The summed E-state index contributed by atoms with van der Waals surface area (Å²) in [5.41, 5.74) is 7.82. The fourth-order valence-corrected chi connectivity index (χ4v) is 2.75. The van der Waals surface area contributed by atoms with Crippen molar-refractivity contribution in [3.8, 4) is 11.5 Å². The first-order chi connectivity index (χ1) is 12.2. The Hall–Kier alpha value is -3.35. The van der Waals surface area contributed by atoms with Crippen molar-refractivity contribution in [1.29, 1.82) is 0 Å². The number of aromatic nitrogens is 4. The Balaban J connectivity index is 1.84. The van der Waals surface area contributed by atoms with Crippen LogP contribution in [-0.2, 0) is 13.0 Å². The number of hydrogen-bond donors (Lipinski definition) is 1. The van der Waals surface area contributed by atoms with E-state index in [1.807, 2.05) is 12.2 Å². The lowest BCUT2D eigenvalue weighted by molar-refractivity contribution is 0.587. The van der Waals surface area contributed by atoms with E-state index >= 15 is 0 Å². The van der Waals surface area contributed by atoms with E-state index in [4.69, 9.17) is 5.73 Å². The van der Waals surface area contributed by atoms with Crippen LogP contribution in [0.5, 0.6) is 0 Å². The Labute approximate surface area is 143 Å². The SMILES string of the molecule is Nc1ccnc(-c2nn(Cc3ccccc3F)c3c2CC=CC=N3)n1. The number of fused-ring (bicyclic) bond motifs is 1. The van der Waals surface area contributed by atoms with E-state index < -0.39 is 0 Å². The zero-order valence-electron chi connectivity index (χ0n) is 13.3. The summed E-state index contributed by atoms with van der Waals surface area (Å²) >= 11 is 0. The topological polar surface area (TPSA) is 82.0 Å². The zero-order chi connectivity index (χ0) is 17.2. The van der Waals surface area contributed by atoms with Gasteiger partial charge in [-0.15, -0.1) is 0 Å². The summed E-state index contributed by atoms with van der Waals surface area (Å²) in [6.45, 7) is 0.272. The second-order valence-corrected chi connectivity index (χ2v) is 5.62. The maximum Gasteiger partial charge on any atom is 0.182 e. The molecule has 4 rings (SSSR count). The third-order valence-corrected chi connectivity index (χ3v) is 3.93. The molecule has 0 unspecified atom stereocenters. The molecule has 0 radical (unpaired) electrons. The minimum absolute atomic E-state index is 0.272. The van der Waals surface area contributed by atoms with Crippen LogP contribution < -0.4 is 5.73 Å². The van der Waals surface area contributed by atoms with Gasteiger partial charge in [0.2, 0.25) is 0 Å². The third-order valence-electron chi connectivity index (χ3n) is 3.93. The molecule has 0 saturated heterocycles. The molecule has 2 aromatic heterocycles. The summed E-state index contributed by atoms with van der Waals surface area (Å²) in [6.07, 6.45) is 7.79. The highest BCUT2D eigenvalue weighted by molar-refractivity contribution is 5.78. The number of aliphatic imine (C=N–C) groups is 1. The highest BCUT2D eigenvalue weighted by Crippen LogP contribution is 2.31. The molecule has 124 valence electrons.